The average Bonchev–Trinajstić information content (AvgIpc) is 3.08. The topological polar surface area (TPSA) is 168 Å². The maximum Gasteiger partial charge on any atom is 0.501 e. The molecule has 1 aromatic heterocycles. The van der Waals surface area contributed by atoms with Gasteiger partial charge in [-0.25, -0.2) is 8.42 Å². The van der Waals surface area contributed by atoms with Crippen molar-refractivity contribution in [3.8, 4) is 6.07 Å². The SMILES string of the molecule is N#CC(=CNc1ccc(S(=O)(=O)C(F)(F)F)cc1[N+](=O)[O-])c1nn[nH]n1. The maximum absolute atomic E-state index is 12.6. The van der Waals surface area contributed by atoms with Gasteiger partial charge in [-0.3, -0.25) is 10.1 Å². The number of rotatable bonds is 5. The van der Waals surface area contributed by atoms with Crippen molar-refractivity contribution in [3.05, 3.63) is 40.3 Å². The molecule has 136 valence electrons. The van der Waals surface area contributed by atoms with E-state index >= 15 is 0 Å². The van der Waals surface area contributed by atoms with Crippen LogP contribution in [0.3, 0.4) is 0 Å². The van der Waals surface area contributed by atoms with Crippen LogP contribution in [0.15, 0.2) is 29.3 Å². The number of nitriles is 1. The summed E-state index contributed by atoms with van der Waals surface area (Å²) in [4.78, 5) is 8.69. The highest BCUT2D eigenvalue weighted by molar-refractivity contribution is 7.92. The fraction of sp³-hybridized carbons (Fsp3) is 0.0909. The number of nitro groups is 1. The molecular weight excluding hydrogens is 383 g/mol. The number of allylic oxidation sites excluding steroid dienone is 1. The lowest BCUT2D eigenvalue weighted by Crippen LogP contribution is -2.23. The molecule has 0 atom stereocenters. The lowest BCUT2D eigenvalue weighted by atomic mass is 10.2. The molecule has 15 heteroatoms. The van der Waals surface area contributed by atoms with Crippen LogP contribution in [0.2, 0.25) is 0 Å². The van der Waals surface area contributed by atoms with Crippen LogP contribution in [-0.2, 0) is 9.84 Å². The Morgan fingerprint density at radius 3 is 2.62 bits per heavy atom. The highest BCUT2D eigenvalue weighted by Gasteiger charge is 2.47. The van der Waals surface area contributed by atoms with Crippen LogP contribution in [0, 0.1) is 21.4 Å². The smallest absolute Gasteiger partial charge is 0.355 e. The van der Waals surface area contributed by atoms with Crippen LogP contribution in [0.1, 0.15) is 5.82 Å². The molecule has 0 spiro atoms. The fourth-order valence-corrected chi connectivity index (χ4v) is 2.44. The second kappa shape index (κ2) is 6.76. The molecule has 0 saturated carbocycles. The minimum atomic E-state index is -5.75. The van der Waals surface area contributed by atoms with Crippen molar-refractivity contribution in [2.75, 3.05) is 5.32 Å². The summed E-state index contributed by atoms with van der Waals surface area (Å²) < 4.78 is 60.4. The first-order valence-electron chi connectivity index (χ1n) is 6.28. The highest BCUT2D eigenvalue weighted by atomic mass is 32.2. The van der Waals surface area contributed by atoms with Crippen molar-refractivity contribution in [3.63, 3.8) is 0 Å². The Morgan fingerprint density at radius 1 is 1.42 bits per heavy atom. The van der Waals surface area contributed by atoms with Gasteiger partial charge in [-0.1, -0.05) is 0 Å². The van der Waals surface area contributed by atoms with E-state index in [1.807, 2.05) is 0 Å². The molecule has 1 heterocycles. The second-order valence-electron chi connectivity index (χ2n) is 4.43. The monoisotopic (exact) mass is 389 g/mol. The van der Waals surface area contributed by atoms with Gasteiger partial charge in [-0.15, -0.1) is 10.2 Å². The van der Waals surface area contributed by atoms with Crippen LogP contribution in [-0.4, -0.2) is 39.5 Å². The summed E-state index contributed by atoms with van der Waals surface area (Å²) in [5, 5.41) is 34.7. The molecule has 2 N–H and O–H groups in total. The quantitative estimate of drug-likeness (QED) is 0.436. The number of halogens is 3. The number of H-pyrrole nitrogens is 1. The van der Waals surface area contributed by atoms with E-state index in [4.69, 9.17) is 5.26 Å². The fourth-order valence-electron chi connectivity index (χ4n) is 1.66. The zero-order chi connectivity index (χ0) is 19.5. The number of tetrazole rings is 1. The van der Waals surface area contributed by atoms with Gasteiger partial charge < -0.3 is 5.32 Å². The van der Waals surface area contributed by atoms with Crippen LogP contribution in [0.5, 0.6) is 0 Å². The summed E-state index contributed by atoms with van der Waals surface area (Å²) in [6, 6.07) is 3.25. The lowest BCUT2D eigenvalue weighted by molar-refractivity contribution is -0.384. The summed E-state index contributed by atoms with van der Waals surface area (Å²) in [5.74, 6) is -0.140. The van der Waals surface area contributed by atoms with E-state index in [0.717, 1.165) is 12.3 Å². The first-order valence-corrected chi connectivity index (χ1v) is 7.76. The van der Waals surface area contributed by atoms with Gasteiger partial charge in [0, 0.05) is 12.3 Å². The number of alkyl halides is 3. The molecule has 0 bridgehead atoms. The van der Waals surface area contributed by atoms with E-state index in [9.17, 15) is 31.7 Å². The van der Waals surface area contributed by atoms with Gasteiger partial charge >= 0.3 is 5.51 Å². The van der Waals surface area contributed by atoms with Gasteiger partial charge in [0.2, 0.25) is 5.82 Å². The van der Waals surface area contributed by atoms with Crippen LogP contribution >= 0.6 is 0 Å². The molecular formula is C11H6F3N7O4S. The number of nitro benzene ring substituents is 1. The largest absolute Gasteiger partial charge is 0.501 e. The van der Waals surface area contributed by atoms with E-state index in [0.29, 0.717) is 6.07 Å². The zero-order valence-electron chi connectivity index (χ0n) is 12.2. The van der Waals surface area contributed by atoms with E-state index in [-0.39, 0.29) is 23.2 Å². The molecule has 0 radical (unpaired) electrons. The number of nitrogens with zero attached hydrogens (tertiary/aromatic N) is 5. The van der Waals surface area contributed by atoms with Gasteiger partial charge in [0.15, 0.2) is 0 Å². The number of hydrogen-bond donors (Lipinski definition) is 2. The number of aromatic amines is 1. The first kappa shape index (κ1) is 18.8. The number of anilines is 1. The molecule has 0 aliphatic rings. The molecule has 0 aliphatic heterocycles. The molecule has 0 amide bonds. The van der Waals surface area contributed by atoms with E-state index in [2.05, 4.69) is 25.9 Å². The van der Waals surface area contributed by atoms with E-state index in [1.165, 1.54) is 0 Å². The zero-order valence-corrected chi connectivity index (χ0v) is 13.0. The van der Waals surface area contributed by atoms with Gasteiger partial charge in [-0.05, 0) is 17.3 Å². The summed E-state index contributed by atoms with van der Waals surface area (Å²) in [6.45, 7) is 0. The third-order valence-corrected chi connectivity index (χ3v) is 4.34. The van der Waals surface area contributed by atoms with Crippen molar-refractivity contribution < 1.29 is 26.5 Å². The molecule has 2 rings (SSSR count). The van der Waals surface area contributed by atoms with Crippen molar-refractivity contribution in [2.45, 2.75) is 10.4 Å². The molecule has 0 saturated heterocycles. The third kappa shape index (κ3) is 3.59. The maximum atomic E-state index is 12.6. The molecule has 11 nitrogen and oxygen atoms in total. The van der Waals surface area contributed by atoms with Crippen LogP contribution in [0.4, 0.5) is 24.5 Å². The van der Waals surface area contributed by atoms with Crippen molar-refractivity contribution in [2.24, 2.45) is 0 Å². The van der Waals surface area contributed by atoms with Gasteiger partial charge in [-0.2, -0.15) is 23.6 Å². The van der Waals surface area contributed by atoms with Gasteiger partial charge in [0.05, 0.1) is 9.82 Å². The number of benzene rings is 1. The lowest BCUT2D eigenvalue weighted by Gasteiger charge is -2.09. The second-order valence-corrected chi connectivity index (χ2v) is 6.38. The number of nitrogens with one attached hydrogen (secondary N) is 2. The first-order chi connectivity index (χ1) is 12.1. The highest BCUT2D eigenvalue weighted by Crippen LogP contribution is 2.34. The standard InChI is InChI=1S/C11H6F3N7O4S/c12-11(13,14)26(24,25)7-1-2-8(9(3-7)21(22)23)16-5-6(4-15)10-17-19-20-18-10/h1-3,5,16H,(H,17,18,19,20). The Bertz CT molecular complexity index is 1010. The normalized spacial score (nSPS) is 12.5. The third-order valence-electron chi connectivity index (χ3n) is 2.86. The molecule has 0 aliphatic carbocycles. The van der Waals surface area contributed by atoms with Crippen LogP contribution in [0.25, 0.3) is 5.57 Å². The van der Waals surface area contributed by atoms with Gasteiger partial charge in [0.25, 0.3) is 15.5 Å². The minimum absolute atomic E-state index is 0.140. The van der Waals surface area contributed by atoms with E-state index < -0.39 is 30.9 Å². The predicted molar refractivity (Wildman–Crippen MR) is 77.7 cm³/mol. The Kier molecular flexibility index (Phi) is 4.88. The molecule has 0 unspecified atom stereocenters. The predicted octanol–water partition coefficient (Wildman–Crippen LogP) is 1.38. The van der Waals surface area contributed by atoms with Crippen molar-refractivity contribution in [1.29, 1.82) is 5.26 Å². The minimum Gasteiger partial charge on any atom is -0.355 e. The summed E-state index contributed by atoms with van der Waals surface area (Å²) in [6.07, 6.45) is 0.950. The molecule has 1 aromatic carbocycles. The summed E-state index contributed by atoms with van der Waals surface area (Å²) in [7, 11) is -5.75. The summed E-state index contributed by atoms with van der Waals surface area (Å²) in [5.41, 5.74) is -7.10. The molecule has 26 heavy (non-hydrogen) atoms. The van der Waals surface area contributed by atoms with Crippen molar-refractivity contribution in [1.82, 2.24) is 20.6 Å². The number of hydrogen-bond acceptors (Lipinski definition) is 9. The molecule has 2 aromatic rings. The summed E-state index contributed by atoms with van der Waals surface area (Å²) >= 11 is 0. The van der Waals surface area contributed by atoms with Crippen molar-refractivity contribution >= 4 is 26.8 Å². The number of sulfone groups is 1. The van der Waals surface area contributed by atoms with E-state index in [1.54, 1.807) is 6.07 Å². The Labute approximate surface area is 142 Å². The van der Waals surface area contributed by atoms with Crippen LogP contribution < -0.4 is 5.32 Å². The Balaban J connectivity index is 2.45. The Morgan fingerprint density at radius 2 is 2.12 bits per heavy atom. The average molecular weight is 389 g/mol. The van der Waals surface area contributed by atoms with Gasteiger partial charge in [0.1, 0.15) is 17.3 Å². The number of aromatic nitrogens is 4. The molecule has 0 fully saturated rings. The Hall–Kier alpha value is -3.54.